The zero-order valence-corrected chi connectivity index (χ0v) is 18.0. The predicted octanol–water partition coefficient (Wildman–Crippen LogP) is 4.62. The monoisotopic (exact) mass is 424 g/mol. The van der Waals surface area contributed by atoms with Crippen LogP contribution in [0.25, 0.3) is 10.9 Å². The van der Waals surface area contributed by atoms with E-state index in [4.69, 9.17) is 16.3 Å². The van der Waals surface area contributed by atoms with Crippen LogP contribution >= 0.6 is 11.6 Å². The SMILES string of the molecule is Cc1cc(C)c2cc(CN(CC3CCCO3)C(=O)c3ccc(Cl)cc3)c(=O)[nH]c2c1. The first-order valence-corrected chi connectivity index (χ1v) is 10.6. The lowest BCUT2D eigenvalue weighted by Crippen LogP contribution is -2.38. The van der Waals surface area contributed by atoms with Gasteiger partial charge in [-0.05, 0) is 74.2 Å². The Morgan fingerprint density at radius 3 is 2.67 bits per heavy atom. The highest BCUT2D eigenvalue weighted by Gasteiger charge is 2.24. The van der Waals surface area contributed by atoms with Crippen molar-refractivity contribution in [1.82, 2.24) is 9.88 Å². The van der Waals surface area contributed by atoms with E-state index >= 15 is 0 Å². The number of rotatable bonds is 5. The summed E-state index contributed by atoms with van der Waals surface area (Å²) < 4.78 is 5.76. The number of ether oxygens (including phenoxy) is 1. The number of pyridine rings is 1. The van der Waals surface area contributed by atoms with E-state index in [0.29, 0.717) is 29.3 Å². The summed E-state index contributed by atoms with van der Waals surface area (Å²) in [4.78, 5) is 30.7. The number of benzene rings is 2. The van der Waals surface area contributed by atoms with Gasteiger partial charge in [-0.25, -0.2) is 0 Å². The van der Waals surface area contributed by atoms with Crippen LogP contribution in [0.2, 0.25) is 5.02 Å². The molecule has 5 nitrogen and oxygen atoms in total. The van der Waals surface area contributed by atoms with Crippen LogP contribution in [0.1, 0.15) is 39.9 Å². The summed E-state index contributed by atoms with van der Waals surface area (Å²) in [6, 6.07) is 12.8. The third-order valence-corrected chi connectivity index (χ3v) is 5.83. The first kappa shape index (κ1) is 20.6. The highest BCUT2D eigenvalue weighted by molar-refractivity contribution is 6.30. The Hall–Kier alpha value is -2.63. The van der Waals surface area contributed by atoms with Crippen molar-refractivity contribution in [2.75, 3.05) is 13.2 Å². The molecule has 1 aliphatic rings. The lowest BCUT2D eigenvalue weighted by Gasteiger charge is -2.25. The number of nitrogens with zero attached hydrogens (tertiary/aromatic N) is 1. The highest BCUT2D eigenvalue weighted by Crippen LogP contribution is 2.21. The molecule has 1 N–H and O–H groups in total. The van der Waals surface area contributed by atoms with E-state index in [0.717, 1.165) is 34.9 Å². The molecule has 4 rings (SSSR count). The Kier molecular flexibility index (Phi) is 5.93. The molecule has 1 atom stereocenters. The lowest BCUT2D eigenvalue weighted by molar-refractivity contribution is 0.0506. The third-order valence-electron chi connectivity index (χ3n) is 5.58. The smallest absolute Gasteiger partial charge is 0.254 e. The topological polar surface area (TPSA) is 62.4 Å². The molecule has 0 radical (unpaired) electrons. The zero-order chi connectivity index (χ0) is 21.3. The van der Waals surface area contributed by atoms with Gasteiger partial charge in [0.05, 0.1) is 12.6 Å². The summed E-state index contributed by atoms with van der Waals surface area (Å²) in [7, 11) is 0. The van der Waals surface area contributed by atoms with E-state index in [1.165, 1.54) is 0 Å². The molecule has 0 aliphatic carbocycles. The number of halogens is 1. The quantitative estimate of drug-likeness (QED) is 0.650. The van der Waals surface area contributed by atoms with Crippen LogP contribution < -0.4 is 5.56 Å². The van der Waals surface area contributed by atoms with Gasteiger partial charge < -0.3 is 14.6 Å². The number of carbonyl (C=O) groups is 1. The lowest BCUT2D eigenvalue weighted by atomic mass is 10.0. The molecule has 0 bridgehead atoms. The molecule has 30 heavy (non-hydrogen) atoms. The van der Waals surface area contributed by atoms with E-state index in [1.807, 2.05) is 26.0 Å². The van der Waals surface area contributed by atoms with Gasteiger partial charge in [0.2, 0.25) is 0 Å². The minimum absolute atomic E-state index is 0.00910. The normalized spacial score (nSPS) is 16.2. The van der Waals surface area contributed by atoms with E-state index in [-0.39, 0.29) is 24.1 Å². The number of carbonyl (C=O) groups excluding carboxylic acids is 1. The van der Waals surface area contributed by atoms with Gasteiger partial charge in [0, 0.05) is 40.2 Å². The van der Waals surface area contributed by atoms with Gasteiger partial charge in [-0.1, -0.05) is 17.7 Å². The molecule has 1 aromatic heterocycles. The standard InChI is InChI=1S/C24H25ClN2O3/c1-15-10-16(2)21-12-18(23(28)26-22(21)11-15)13-27(14-20-4-3-9-30-20)24(29)17-5-7-19(25)8-6-17/h5-8,10-12,20H,3-4,9,13-14H2,1-2H3,(H,26,28). The van der Waals surface area contributed by atoms with Crippen molar-refractivity contribution < 1.29 is 9.53 Å². The van der Waals surface area contributed by atoms with Crippen molar-refractivity contribution in [3.05, 3.63) is 80.1 Å². The summed E-state index contributed by atoms with van der Waals surface area (Å²) in [5.41, 5.74) is 3.94. The van der Waals surface area contributed by atoms with Crippen molar-refractivity contribution in [2.24, 2.45) is 0 Å². The van der Waals surface area contributed by atoms with Gasteiger partial charge in [-0.2, -0.15) is 0 Å². The molecule has 1 saturated heterocycles. The van der Waals surface area contributed by atoms with E-state index in [2.05, 4.69) is 11.1 Å². The molecule has 1 fully saturated rings. The fourth-order valence-electron chi connectivity index (χ4n) is 4.07. The number of aryl methyl sites for hydroxylation is 2. The Bertz CT molecular complexity index is 1130. The van der Waals surface area contributed by atoms with Gasteiger partial charge in [-0.3, -0.25) is 9.59 Å². The van der Waals surface area contributed by atoms with E-state index in [1.54, 1.807) is 29.2 Å². The van der Waals surface area contributed by atoms with Crippen LogP contribution in [0.3, 0.4) is 0 Å². The molecule has 2 aromatic carbocycles. The Morgan fingerprint density at radius 2 is 1.97 bits per heavy atom. The molecule has 0 spiro atoms. The van der Waals surface area contributed by atoms with Crippen LogP contribution in [0.15, 0.2) is 47.3 Å². The van der Waals surface area contributed by atoms with Crippen LogP contribution in [-0.2, 0) is 11.3 Å². The van der Waals surface area contributed by atoms with Crippen molar-refractivity contribution in [3.8, 4) is 0 Å². The molecule has 1 aliphatic heterocycles. The number of H-pyrrole nitrogens is 1. The van der Waals surface area contributed by atoms with Crippen LogP contribution in [0.4, 0.5) is 0 Å². The fraction of sp³-hybridized carbons (Fsp3) is 0.333. The maximum absolute atomic E-state index is 13.2. The maximum atomic E-state index is 13.2. The van der Waals surface area contributed by atoms with Crippen molar-refractivity contribution in [3.63, 3.8) is 0 Å². The van der Waals surface area contributed by atoms with Gasteiger partial charge in [0.25, 0.3) is 11.5 Å². The highest BCUT2D eigenvalue weighted by atomic mass is 35.5. The largest absolute Gasteiger partial charge is 0.376 e. The second-order valence-electron chi connectivity index (χ2n) is 7.99. The first-order valence-electron chi connectivity index (χ1n) is 10.2. The Morgan fingerprint density at radius 1 is 1.20 bits per heavy atom. The average Bonchev–Trinajstić information content (AvgIpc) is 3.21. The molecule has 156 valence electrons. The van der Waals surface area contributed by atoms with Gasteiger partial charge in [0.1, 0.15) is 0 Å². The second-order valence-corrected chi connectivity index (χ2v) is 8.43. The van der Waals surface area contributed by atoms with Crippen molar-refractivity contribution >= 4 is 28.4 Å². The van der Waals surface area contributed by atoms with Gasteiger partial charge >= 0.3 is 0 Å². The summed E-state index contributed by atoms with van der Waals surface area (Å²) in [6.45, 7) is 5.42. The number of aromatic nitrogens is 1. The minimum Gasteiger partial charge on any atom is -0.376 e. The Labute approximate surface area is 180 Å². The summed E-state index contributed by atoms with van der Waals surface area (Å²) in [6.07, 6.45) is 1.89. The number of hydrogen-bond donors (Lipinski definition) is 1. The number of hydrogen-bond acceptors (Lipinski definition) is 3. The number of aromatic amines is 1. The molecule has 3 aromatic rings. The molecule has 1 amide bonds. The summed E-state index contributed by atoms with van der Waals surface area (Å²) >= 11 is 5.97. The van der Waals surface area contributed by atoms with Gasteiger partial charge in [0.15, 0.2) is 0 Å². The molecule has 1 unspecified atom stereocenters. The number of amides is 1. The molecule has 6 heteroatoms. The maximum Gasteiger partial charge on any atom is 0.254 e. The summed E-state index contributed by atoms with van der Waals surface area (Å²) in [5, 5.41) is 1.57. The van der Waals surface area contributed by atoms with Crippen LogP contribution in [0.5, 0.6) is 0 Å². The first-order chi connectivity index (χ1) is 14.4. The van der Waals surface area contributed by atoms with Crippen molar-refractivity contribution in [1.29, 1.82) is 0 Å². The van der Waals surface area contributed by atoms with Crippen LogP contribution in [0, 0.1) is 13.8 Å². The third kappa shape index (κ3) is 4.42. The van der Waals surface area contributed by atoms with Crippen molar-refractivity contribution in [2.45, 2.75) is 39.3 Å². The second kappa shape index (κ2) is 8.62. The summed E-state index contributed by atoms with van der Waals surface area (Å²) in [5.74, 6) is -0.137. The molecule has 0 saturated carbocycles. The average molecular weight is 425 g/mol. The minimum atomic E-state index is -0.172. The van der Waals surface area contributed by atoms with Gasteiger partial charge in [-0.15, -0.1) is 0 Å². The van der Waals surface area contributed by atoms with E-state index in [9.17, 15) is 9.59 Å². The molecular formula is C24H25ClN2O3. The molecule has 2 heterocycles. The molecular weight excluding hydrogens is 400 g/mol. The number of nitrogens with one attached hydrogen (secondary N) is 1. The van der Waals surface area contributed by atoms with Crippen LogP contribution in [-0.4, -0.2) is 35.0 Å². The fourth-order valence-corrected chi connectivity index (χ4v) is 4.19. The Balaban J connectivity index is 1.68. The number of fused-ring (bicyclic) bond motifs is 1. The van der Waals surface area contributed by atoms with E-state index < -0.39 is 0 Å². The predicted molar refractivity (Wildman–Crippen MR) is 119 cm³/mol. The zero-order valence-electron chi connectivity index (χ0n) is 17.2.